The van der Waals surface area contributed by atoms with Crippen molar-refractivity contribution in [1.29, 1.82) is 0 Å². The number of pyridine rings is 1. The molecule has 1 N–H and O–H groups in total. The van der Waals surface area contributed by atoms with Crippen LogP contribution in [0.25, 0.3) is 0 Å². The van der Waals surface area contributed by atoms with Crippen molar-refractivity contribution in [3.05, 3.63) is 59.4 Å². The minimum atomic E-state index is -0.564. The van der Waals surface area contributed by atoms with Gasteiger partial charge in [-0.3, -0.25) is 4.98 Å². The lowest BCUT2D eigenvalue weighted by atomic mass is 10.2. The monoisotopic (exact) mass is 234 g/mol. The van der Waals surface area contributed by atoms with Gasteiger partial charge in [0.25, 0.3) is 0 Å². The fourth-order valence-corrected chi connectivity index (χ4v) is 1.53. The second kappa shape index (κ2) is 4.91. The van der Waals surface area contributed by atoms with Crippen LogP contribution in [-0.2, 0) is 6.54 Å². The van der Waals surface area contributed by atoms with Crippen LogP contribution in [0, 0.1) is 18.6 Å². The number of nitrogens with one attached hydrogen (secondary N) is 1. The van der Waals surface area contributed by atoms with E-state index < -0.39 is 11.6 Å². The maximum absolute atomic E-state index is 13.4. The number of rotatable bonds is 3. The molecule has 0 saturated heterocycles. The van der Waals surface area contributed by atoms with Crippen molar-refractivity contribution >= 4 is 5.69 Å². The van der Waals surface area contributed by atoms with Crippen LogP contribution in [0.3, 0.4) is 0 Å². The van der Waals surface area contributed by atoms with Crippen LogP contribution in [-0.4, -0.2) is 4.98 Å². The van der Waals surface area contributed by atoms with Gasteiger partial charge in [0.2, 0.25) is 0 Å². The SMILES string of the molecule is Cc1cnccc1NCc1ccc(F)cc1F. The van der Waals surface area contributed by atoms with E-state index in [4.69, 9.17) is 0 Å². The van der Waals surface area contributed by atoms with Crippen LogP contribution in [0.15, 0.2) is 36.7 Å². The van der Waals surface area contributed by atoms with E-state index in [0.717, 1.165) is 17.3 Å². The van der Waals surface area contributed by atoms with Gasteiger partial charge in [-0.1, -0.05) is 6.07 Å². The average molecular weight is 234 g/mol. The van der Waals surface area contributed by atoms with E-state index in [2.05, 4.69) is 10.3 Å². The first-order valence-electron chi connectivity index (χ1n) is 5.25. The summed E-state index contributed by atoms with van der Waals surface area (Å²) in [4.78, 5) is 3.97. The number of anilines is 1. The first-order valence-corrected chi connectivity index (χ1v) is 5.25. The number of benzene rings is 1. The summed E-state index contributed by atoms with van der Waals surface area (Å²) in [5.74, 6) is -1.10. The molecule has 0 aliphatic heterocycles. The minimum absolute atomic E-state index is 0.316. The highest BCUT2D eigenvalue weighted by molar-refractivity contribution is 5.48. The molecule has 2 rings (SSSR count). The summed E-state index contributed by atoms with van der Waals surface area (Å²) >= 11 is 0. The third-order valence-electron chi connectivity index (χ3n) is 2.50. The number of nitrogens with zero attached hydrogens (tertiary/aromatic N) is 1. The van der Waals surface area contributed by atoms with Gasteiger partial charge < -0.3 is 5.32 Å². The topological polar surface area (TPSA) is 24.9 Å². The molecule has 0 atom stereocenters. The molecular weight excluding hydrogens is 222 g/mol. The molecule has 1 aromatic heterocycles. The second-order valence-corrected chi connectivity index (χ2v) is 3.78. The second-order valence-electron chi connectivity index (χ2n) is 3.78. The van der Waals surface area contributed by atoms with Crippen molar-refractivity contribution < 1.29 is 8.78 Å². The highest BCUT2D eigenvalue weighted by Crippen LogP contribution is 2.15. The Labute approximate surface area is 98.3 Å². The molecule has 0 aliphatic rings. The normalized spacial score (nSPS) is 10.3. The third-order valence-corrected chi connectivity index (χ3v) is 2.50. The van der Waals surface area contributed by atoms with Gasteiger partial charge in [0.05, 0.1) is 0 Å². The smallest absolute Gasteiger partial charge is 0.131 e. The van der Waals surface area contributed by atoms with Crippen molar-refractivity contribution in [2.75, 3.05) is 5.32 Å². The third kappa shape index (κ3) is 2.78. The zero-order valence-corrected chi connectivity index (χ0v) is 9.37. The molecule has 2 nitrogen and oxygen atoms in total. The number of aromatic nitrogens is 1. The molecule has 0 aliphatic carbocycles. The van der Waals surface area contributed by atoms with Crippen molar-refractivity contribution in [3.63, 3.8) is 0 Å². The summed E-state index contributed by atoms with van der Waals surface area (Å²) in [6.45, 7) is 2.23. The Bertz CT molecular complexity index is 527. The van der Waals surface area contributed by atoms with Crippen LogP contribution in [0.5, 0.6) is 0 Å². The summed E-state index contributed by atoms with van der Waals surface area (Å²) < 4.78 is 26.1. The van der Waals surface area contributed by atoms with Gasteiger partial charge >= 0.3 is 0 Å². The Balaban J connectivity index is 2.10. The van der Waals surface area contributed by atoms with Crippen LogP contribution in [0.4, 0.5) is 14.5 Å². The molecular formula is C13H12F2N2. The fraction of sp³-hybridized carbons (Fsp3) is 0.154. The van der Waals surface area contributed by atoms with Crippen LogP contribution in [0.2, 0.25) is 0 Å². The predicted molar refractivity (Wildman–Crippen MR) is 62.7 cm³/mol. The maximum Gasteiger partial charge on any atom is 0.131 e. The molecule has 17 heavy (non-hydrogen) atoms. The van der Waals surface area contributed by atoms with Gasteiger partial charge in [0.1, 0.15) is 11.6 Å². The predicted octanol–water partition coefficient (Wildman–Crippen LogP) is 3.28. The zero-order valence-electron chi connectivity index (χ0n) is 9.37. The van der Waals surface area contributed by atoms with Gasteiger partial charge in [-0.15, -0.1) is 0 Å². The van der Waals surface area contributed by atoms with E-state index >= 15 is 0 Å². The molecule has 0 radical (unpaired) electrons. The van der Waals surface area contributed by atoms with E-state index in [1.807, 2.05) is 13.0 Å². The Morgan fingerprint density at radius 1 is 1.24 bits per heavy atom. The van der Waals surface area contributed by atoms with Crippen molar-refractivity contribution in [1.82, 2.24) is 4.98 Å². The van der Waals surface area contributed by atoms with Crippen molar-refractivity contribution in [2.45, 2.75) is 13.5 Å². The average Bonchev–Trinajstić information content (AvgIpc) is 2.30. The molecule has 4 heteroatoms. The van der Waals surface area contributed by atoms with Crippen molar-refractivity contribution in [3.8, 4) is 0 Å². The van der Waals surface area contributed by atoms with Crippen molar-refractivity contribution in [2.24, 2.45) is 0 Å². The molecule has 0 fully saturated rings. The number of halogens is 2. The van der Waals surface area contributed by atoms with E-state index in [-0.39, 0.29) is 0 Å². The van der Waals surface area contributed by atoms with E-state index in [0.29, 0.717) is 12.1 Å². The molecule has 1 heterocycles. The Morgan fingerprint density at radius 3 is 2.76 bits per heavy atom. The van der Waals surface area contributed by atoms with Crippen LogP contribution >= 0.6 is 0 Å². The fourth-order valence-electron chi connectivity index (χ4n) is 1.53. The Hall–Kier alpha value is -1.97. The Kier molecular flexibility index (Phi) is 3.32. The standard InChI is InChI=1S/C13H12F2N2/c1-9-7-16-5-4-13(9)17-8-10-2-3-11(14)6-12(10)15/h2-7H,8H2,1H3,(H,16,17). The summed E-state index contributed by atoms with van der Waals surface area (Å²) in [5.41, 5.74) is 2.31. The summed E-state index contributed by atoms with van der Waals surface area (Å²) in [5, 5.41) is 3.09. The molecule has 2 aromatic rings. The van der Waals surface area contributed by atoms with Gasteiger partial charge in [0.15, 0.2) is 0 Å². The molecule has 88 valence electrons. The molecule has 0 saturated carbocycles. The lowest BCUT2D eigenvalue weighted by Crippen LogP contribution is -2.03. The Morgan fingerprint density at radius 2 is 2.06 bits per heavy atom. The number of hydrogen-bond acceptors (Lipinski definition) is 2. The zero-order chi connectivity index (χ0) is 12.3. The molecule has 0 unspecified atom stereocenters. The first kappa shape index (κ1) is 11.5. The van der Waals surface area contributed by atoms with E-state index in [1.165, 1.54) is 12.1 Å². The highest BCUT2D eigenvalue weighted by atomic mass is 19.1. The first-order chi connectivity index (χ1) is 8.16. The van der Waals surface area contributed by atoms with Gasteiger partial charge in [-0.2, -0.15) is 0 Å². The van der Waals surface area contributed by atoms with E-state index in [9.17, 15) is 8.78 Å². The summed E-state index contributed by atoms with van der Waals surface area (Å²) in [7, 11) is 0. The summed E-state index contributed by atoms with van der Waals surface area (Å²) in [6.07, 6.45) is 3.39. The quantitative estimate of drug-likeness (QED) is 0.881. The minimum Gasteiger partial charge on any atom is -0.381 e. The molecule has 1 aromatic carbocycles. The van der Waals surface area contributed by atoms with Crippen LogP contribution in [0.1, 0.15) is 11.1 Å². The maximum atomic E-state index is 13.4. The van der Waals surface area contributed by atoms with Gasteiger partial charge in [0, 0.05) is 36.3 Å². The van der Waals surface area contributed by atoms with Crippen LogP contribution < -0.4 is 5.32 Å². The molecule has 0 amide bonds. The lowest BCUT2D eigenvalue weighted by molar-refractivity contribution is 0.574. The molecule has 0 bridgehead atoms. The molecule has 0 spiro atoms. The number of aryl methyl sites for hydroxylation is 1. The largest absolute Gasteiger partial charge is 0.381 e. The lowest BCUT2D eigenvalue weighted by Gasteiger charge is -2.09. The van der Waals surface area contributed by atoms with Gasteiger partial charge in [-0.05, 0) is 24.6 Å². The summed E-state index contributed by atoms with van der Waals surface area (Å²) in [6, 6.07) is 5.39. The highest BCUT2D eigenvalue weighted by Gasteiger charge is 2.04. The number of hydrogen-bond donors (Lipinski definition) is 1. The van der Waals surface area contributed by atoms with E-state index in [1.54, 1.807) is 12.4 Å². The van der Waals surface area contributed by atoms with Gasteiger partial charge in [-0.25, -0.2) is 8.78 Å².